The number of carbonyl (C=O) groups is 1. The van der Waals surface area contributed by atoms with E-state index < -0.39 is 5.60 Å². The van der Waals surface area contributed by atoms with E-state index in [4.69, 9.17) is 11.6 Å². The molecule has 1 heterocycles. The van der Waals surface area contributed by atoms with Crippen LogP contribution < -0.4 is 0 Å². The zero-order chi connectivity index (χ0) is 18.6. The van der Waals surface area contributed by atoms with E-state index in [1.54, 1.807) is 12.1 Å². The number of halogens is 1. The Kier molecular flexibility index (Phi) is 5.97. The smallest absolute Gasteiger partial charge is 0.162 e. The van der Waals surface area contributed by atoms with E-state index in [1.807, 2.05) is 24.3 Å². The van der Waals surface area contributed by atoms with Crippen molar-refractivity contribution in [2.24, 2.45) is 0 Å². The first-order chi connectivity index (χ1) is 12.5. The van der Waals surface area contributed by atoms with Crippen LogP contribution in [0, 0.1) is 0 Å². The summed E-state index contributed by atoms with van der Waals surface area (Å²) in [6.07, 6.45) is 2.64. The average Bonchev–Trinajstić information content (AvgIpc) is 2.64. The second-order valence-electron chi connectivity index (χ2n) is 6.95. The summed E-state index contributed by atoms with van der Waals surface area (Å²) in [4.78, 5) is 14.5. The third kappa shape index (κ3) is 4.64. The highest BCUT2D eigenvalue weighted by Crippen LogP contribution is 2.33. The highest BCUT2D eigenvalue weighted by atomic mass is 35.5. The second kappa shape index (κ2) is 8.21. The van der Waals surface area contributed by atoms with E-state index >= 15 is 0 Å². The van der Waals surface area contributed by atoms with Crippen LogP contribution in [0.3, 0.4) is 0 Å². The molecule has 0 bridgehead atoms. The molecule has 2 aromatic carbocycles. The Hall–Kier alpha value is -1.88. The van der Waals surface area contributed by atoms with Gasteiger partial charge in [-0.2, -0.15) is 0 Å². The van der Waals surface area contributed by atoms with Crippen LogP contribution in [0.1, 0.15) is 41.6 Å². The minimum absolute atomic E-state index is 0.0969. The standard InChI is InChI=1S/C21H24ClNO3/c22-18-7-5-17(6-8-18)21(26)11-14-23(15-12-21)13-1-2-20(25)16-3-9-19(24)10-4-16/h3-10,24,26H,1-2,11-15H2. The molecular weight excluding hydrogens is 350 g/mol. The van der Waals surface area contributed by atoms with Crippen LogP contribution >= 0.6 is 11.6 Å². The number of hydrogen-bond donors (Lipinski definition) is 2. The first-order valence-electron chi connectivity index (χ1n) is 8.99. The van der Waals surface area contributed by atoms with Gasteiger partial charge in [0.2, 0.25) is 0 Å². The van der Waals surface area contributed by atoms with Gasteiger partial charge >= 0.3 is 0 Å². The minimum atomic E-state index is -0.789. The fourth-order valence-corrected chi connectivity index (χ4v) is 3.58. The molecular formula is C21H24ClNO3. The lowest BCUT2D eigenvalue weighted by atomic mass is 9.84. The van der Waals surface area contributed by atoms with Gasteiger partial charge in [0.25, 0.3) is 0 Å². The number of hydrogen-bond acceptors (Lipinski definition) is 4. The van der Waals surface area contributed by atoms with E-state index in [9.17, 15) is 15.0 Å². The van der Waals surface area contributed by atoms with Crippen LogP contribution in [-0.2, 0) is 5.60 Å². The molecule has 0 radical (unpaired) electrons. The van der Waals surface area contributed by atoms with Crippen LogP contribution in [0.5, 0.6) is 5.75 Å². The molecule has 1 aliphatic heterocycles. The van der Waals surface area contributed by atoms with Crippen molar-refractivity contribution in [2.75, 3.05) is 19.6 Å². The van der Waals surface area contributed by atoms with Gasteiger partial charge in [0.05, 0.1) is 5.60 Å². The third-order valence-corrected chi connectivity index (χ3v) is 5.38. The molecule has 0 aromatic heterocycles. The van der Waals surface area contributed by atoms with Crippen molar-refractivity contribution in [1.29, 1.82) is 0 Å². The Balaban J connectivity index is 1.44. The maximum absolute atomic E-state index is 12.2. The van der Waals surface area contributed by atoms with Crippen molar-refractivity contribution in [2.45, 2.75) is 31.3 Å². The van der Waals surface area contributed by atoms with Crippen LogP contribution in [0.4, 0.5) is 0 Å². The molecule has 1 saturated heterocycles. The van der Waals surface area contributed by atoms with Crippen LogP contribution in [0.15, 0.2) is 48.5 Å². The molecule has 0 unspecified atom stereocenters. The Bertz CT molecular complexity index is 735. The maximum Gasteiger partial charge on any atom is 0.162 e. The average molecular weight is 374 g/mol. The van der Waals surface area contributed by atoms with Crippen molar-refractivity contribution in [3.63, 3.8) is 0 Å². The normalized spacial score (nSPS) is 17.2. The Morgan fingerprint density at radius 1 is 1.04 bits per heavy atom. The van der Waals surface area contributed by atoms with Crippen LogP contribution in [-0.4, -0.2) is 40.5 Å². The molecule has 0 spiro atoms. The van der Waals surface area contributed by atoms with Gasteiger partial charge in [0.15, 0.2) is 5.78 Å². The lowest BCUT2D eigenvalue weighted by Gasteiger charge is -2.38. The van der Waals surface area contributed by atoms with Gasteiger partial charge in [-0.15, -0.1) is 0 Å². The molecule has 4 nitrogen and oxygen atoms in total. The molecule has 0 saturated carbocycles. The SMILES string of the molecule is O=C(CCCN1CCC(O)(c2ccc(Cl)cc2)CC1)c1ccc(O)cc1. The summed E-state index contributed by atoms with van der Waals surface area (Å²) in [6, 6.07) is 13.8. The van der Waals surface area contributed by atoms with Crippen molar-refractivity contribution in [1.82, 2.24) is 4.90 Å². The fourth-order valence-electron chi connectivity index (χ4n) is 3.45. The molecule has 26 heavy (non-hydrogen) atoms. The predicted molar refractivity (Wildman–Crippen MR) is 103 cm³/mol. The summed E-state index contributed by atoms with van der Waals surface area (Å²) in [7, 11) is 0. The minimum Gasteiger partial charge on any atom is -0.508 e. The maximum atomic E-state index is 12.2. The van der Waals surface area contributed by atoms with E-state index in [1.165, 1.54) is 12.1 Å². The van der Waals surface area contributed by atoms with Crippen molar-refractivity contribution >= 4 is 17.4 Å². The summed E-state index contributed by atoms with van der Waals surface area (Å²) in [5, 5.41) is 20.8. The first-order valence-corrected chi connectivity index (χ1v) is 9.37. The van der Waals surface area contributed by atoms with Gasteiger partial charge in [-0.3, -0.25) is 4.79 Å². The van der Waals surface area contributed by atoms with Crippen LogP contribution in [0.25, 0.3) is 0 Å². The fraction of sp³-hybridized carbons (Fsp3) is 0.381. The van der Waals surface area contributed by atoms with Crippen molar-refractivity contribution in [3.05, 3.63) is 64.7 Å². The topological polar surface area (TPSA) is 60.8 Å². The lowest BCUT2D eigenvalue weighted by molar-refractivity contribution is -0.0260. The summed E-state index contributed by atoms with van der Waals surface area (Å²) >= 11 is 5.92. The number of nitrogens with zero attached hydrogens (tertiary/aromatic N) is 1. The highest BCUT2D eigenvalue weighted by molar-refractivity contribution is 6.30. The number of aromatic hydroxyl groups is 1. The van der Waals surface area contributed by atoms with Crippen LogP contribution in [0.2, 0.25) is 5.02 Å². The number of aliphatic hydroxyl groups is 1. The number of benzene rings is 2. The molecule has 2 aromatic rings. The largest absolute Gasteiger partial charge is 0.508 e. The van der Waals surface area contributed by atoms with E-state index in [2.05, 4.69) is 4.90 Å². The molecule has 138 valence electrons. The van der Waals surface area contributed by atoms with Gasteiger partial charge in [-0.05, 0) is 67.8 Å². The summed E-state index contributed by atoms with van der Waals surface area (Å²) in [5.74, 6) is 0.266. The number of ketones is 1. The molecule has 2 N–H and O–H groups in total. The zero-order valence-corrected chi connectivity index (χ0v) is 15.5. The Morgan fingerprint density at radius 2 is 1.65 bits per heavy atom. The first kappa shape index (κ1) is 18.9. The van der Waals surface area contributed by atoms with E-state index in [0.717, 1.165) is 31.6 Å². The predicted octanol–water partition coefficient (Wildman–Crippen LogP) is 3.99. The van der Waals surface area contributed by atoms with Gasteiger partial charge in [0, 0.05) is 30.1 Å². The quantitative estimate of drug-likeness (QED) is 0.751. The Morgan fingerprint density at radius 3 is 2.27 bits per heavy atom. The zero-order valence-electron chi connectivity index (χ0n) is 14.7. The summed E-state index contributed by atoms with van der Waals surface area (Å²) < 4.78 is 0. The molecule has 0 aliphatic carbocycles. The number of likely N-dealkylation sites (tertiary alicyclic amines) is 1. The summed E-state index contributed by atoms with van der Waals surface area (Å²) in [6.45, 7) is 2.47. The van der Waals surface area contributed by atoms with Crippen molar-refractivity contribution < 1.29 is 15.0 Å². The molecule has 1 aliphatic rings. The molecule has 5 heteroatoms. The van der Waals surface area contributed by atoms with Gasteiger partial charge in [-0.25, -0.2) is 0 Å². The number of phenols is 1. The van der Waals surface area contributed by atoms with Gasteiger partial charge in [0.1, 0.15) is 5.75 Å². The Labute approximate surface area is 159 Å². The van der Waals surface area contributed by atoms with E-state index in [-0.39, 0.29) is 11.5 Å². The van der Waals surface area contributed by atoms with Crippen molar-refractivity contribution in [3.8, 4) is 5.75 Å². The summed E-state index contributed by atoms with van der Waals surface area (Å²) in [5.41, 5.74) is 0.769. The lowest BCUT2D eigenvalue weighted by Crippen LogP contribution is -2.42. The third-order valence-electron chi connectivity index (χ3n) is 5.13. The number of Topliss-reactive ketones (excluding diaryl/α,β-unsaturated/α-hetero) is 1. The van der Waals surface area contributed by atoms with Gasteiger partial charge < -0.3 is 15.1 Å². The number of carbonyl (C=O) groups excluding carboxylic acids is 1. The molecule has 0 amide bonds. The monoisotopic (exact) mass is 373 g/mol. The number of rotatable bonds is 6. The molecule has 0 atom stereocenters. The number of piperidine rings is 1. The molecule has 3 rings (SSSR count). The second-order valence-corrected chi connectivity index (χ2v) is 7.39. The molecule has 1 fully saturated rings. The number of phenolic OH excluding ortho intramolecular Hbond substituents is 1. The van der Waals surface area contributed by atoms with Gasteiger partial charge in [-0.1, -0.05) is 23.7 Å². The van der Waals surface area contributed by atoms with E-state index in [0.29, 0.717) is 29.8 Å². The highest BCUT2D eigenvalue weighted by Gasteiger charge is 2.33.